The van der Waals surface area contributed by atoms with Crippen LogP contribution in [0.15, 0.2) is 29.1 Å². The third-order valence-corrected chi connectivity index (χ3v) is 3.41. The molecule has 0 bridgehead atoms. The first-order valence-corrected chi connectivity index (χ1v) is 7.35. The topological polar surface area (TPSA) is 62.0 Å². The summed E-state index contributed by atoms with van der Waals surface area (Å²) in [5.74, 6) is 0.424. The molecule has 4 nitrogen and oxygen atoms in total. The summed E-state index contributed by atoms with van der Waals surface area (Å²) in [5.41, 5.74) is 2.50. The molecule has 1 aromatic carbocycles. The van der Waals surface area contributed by atoms with Crippen LogP contribution in [0.1, 0.15) is 31.4 Å². The van der Waals surface area contributed by atoms with E-state index in [-0.39, 0.29) is 11.5 Å². The summed E-state index contributed by atoms with van der Waals surface area (Å²) in [5, 5.41) is 3.86. The number of fused-ring (bicyclic) bond motifs is 1. The molecule has 2 N–H and O–H groups in total. The molecule has 0 atom stereocenters. The second-order valence-corrected chi connectivity index (χ2v) is 5.91. The molecule has 112 valence electrons. The average molecular weight is 286 g/mol. The van der Waals surface area contributed by atoms with Gasteiger partial charge in [0.25, 0.3) is 5.56 Å². The van der Waals surface area contributed by atoms with Gasteiger partial charge in [0.05, 0.1) is 0 Å². The molecular weight excluding hydrogens is 264 g/mol. The van der Waals surface area contributed by atoms with Gasteiger partial charge in [0.15, 0.2) is 0 Å². The molecular formula is C17H22N2O2. The highest BCUT2D eigenvalue weighted by Gasteiger charge is 2.07. The van der Waals surface area contributed by atoms with E-state index in [4.69, 9.17) is 0 Å². The Hall–Kier alpha value is -2.10. The lowest BCUT2D eigenvalue weighted by Crippen LogP contribution is -2.28. The van der Waals surface area contributed by atoms with Gasteiger partial charge >= 0.3 is 0 Å². The second kappa shape index (κ2) is 6.57. The Kier molecular flexibility index (Phi) is 4.78. The van der Waals surface area contributed by atoms with Gasteiger partial charge in [-0.15, -0.1) is 0 Å². The van der Waals surface area contributed by atoms with Crippen LogP contribution >= 0.6 is 0 Å². The molecule has 0 spiro atoms. The number of pyridine rings is 1. The summed E-state index contributed by atoms with van der Waals surface area (Å²) < 4.78 is 0. The normalized spacial score (nSPS) is 11.0. The Morgan fingerprint density at radius 2 is 2.05 bits per heavy atom. The van der Waals surface area contributed by atoms with E-state index in [2.05, 4.69) is 24.1 Å². The van der Waals surface area contributed by atoms with Crippen molar-refractivity contribution in [1.82, 2.24) is 10.3 Å². The van der Waals surface area contributed by atoms with Crippen LogP contribution in [-0.4, -0.2) is 17.4 Å². The maximum absolute atomic E-state index is 12.0. The van der Waals surface area contributed by atoms with Gasteiger partial charge in [-0.2, -0.15) is 0 Å². The number of nitrogens with one attached hydrogen (secondary N) is 2. The van der Waals surface area contributed by atoms with Crippen molar-refractivity contribution < 1.29 is 4.79 Å². The van der Waals surface area contributed by atoms with Crippen molar-refractivity contribution in [3.8, 4) is 0 Å². The van der Waals surface area contributed by atoms with Crippen molar-refractivity contribution >= 4 is 16.8 Å². The minimum absolute atomic E-state index is 0.00731. The predicted octanol–water partition coefficient (Wildman–Crippen LogP) is 2.54. The lowest BCUT2D eigenvalue weighted by Gasteiger charge is -2.08. The van der Waals surface area contributed by atoms with Crippen LogP contribution in [0.5, 0.6) is 0 Å². The van der Waals surface area contributed by atoms with Crippen LogP contribution in [0.2, 0.25) is 0 Å². The van der Waals surface area contributed by atoms with Gasteiger partial charge in [-0.25, -0.2) is 0 Å². The lowest BCUT2D eigenvalue weighted by atomic mass is 10.1. The van der Waals surface area contributed by atoms with Gasteiger partial charge < -0.3 is 10.3 Å². The standard InChI is InChI=1S/C17H22N2O2/c1-11(2)10-18-16(20)7-6-14-9-13-5-4-12(3)8-15(13)19-17(14)21/h4-5,8-9,11H,6-7,10H2,1-3H3,(H,18,20)(H,19,21). The van der Waals surface area contributed by atoms with Gasteiger partial charge in [0.1, 0.15) is 0 Å². The lowest BCUT2D eigenvalue weighted by molar-refractivity contribution is -0.121. The number of carbonyl (C=O) groups excluding carboxylic acids is 1. The smallest absolute Gasteiger partial charge is 0.251 e. The molecule has 0 saturated heterocycles. The van der Waals surface area contributed by atoms with E-state index in [9.17, 15) is 9.59 Å². The van der Waals surface area contributed by atoms with E-state index in [1.165, 1.54) is 0 Å². The fraction of sp³-hybridized carbons (Fsp3) is 0.412. The number of hydrogen-bond donors (Lipinski definition) is 2. The minimum Gasteiger partial charge on any atom is -0.356 e. The first-order valence-electron chi connectivity index (χ1n) is 7.35. The van der Waals surface area contributed by atoms with E-state index in [0.717, 1.165) is 16.5 Å². The van der Waals surface area contributed by atoms with Crippen LogP contribution in [0.3, 0.4) is 0 Å². The van der Waals surface area contributed by atoms with Crippen molar-refractivity contribution in [1.29, 1.82) is 0 Å². The summed E-state index contributed by atoms with van der Waals surface area (Å²) in [7, 11) is 0. The van der Waals surface area contributed by atoms with E-state index in [1.807, 2.05) is 31.2 Å². The quantitative estimate of drug-likeness (QED) is 0.887. The number of hydrogen-bond acceptors (Lipinski definition) is 2. The maximum Gasteiger partial charge on any atom is 0.251 e. The number of aromatic nitrogens is 1. The van der Waals surface area contributed by atoms with Gasteiger partial charge in [-0.3, -0.25) is 9.59 Å². The molecule has 2 aromatic rings. The summed E-state index contributed by atoms with van der Waals surface area (Å²) in [4.78, 5) is 26.6. The van der Waals surface area contributed by atoms with Crippen LogP contribution in [-0.2, 0) is 11.2 Å². The number of carbonyl (C=O) groups is 1. The summed E-state index contributed by atoms with van der Waals surface area (Å²) in [6, 6.07) is 7.84. The Bertz CT molecular complexity index is 701. The fourth-order valence-electron chi connectivity index (χ4n) is 2.20. The fourth-order valence-corrected chi connectivity index (χ4v) is 2.20. The van der Waals surface area contributed by atoms with E-state index in [0.29, 0.717) is 30.9 Å². The molecule has 1 amide bonds. The van der Waals surface area contributed by atoms with Crippen molar-refractivity contribution in [2.45, 2.75) is 33.6 Å². The van der Waals surface area contributed by atoms with Crippen LogP contribution in [0.4, 0.5) is 0 Å². The van der Waals surface area contributed by atoms with E-state index >= 15 is 0 Å². The number of aromatic amines is 1. The van der Waals surface area contributed by atoms with Crippen molar-refractivity contribution in [3.05, 3.63) is 45.7 Å². The third kappa shape index (κ3) is 4.18. The number of H-pyrrole nitrogens is 1. The summed E-state index contributed by atoms with van der Waals surface area (Å²) >= 11 is 0. The molecule has 21 heavy (non-hydrogen) atoms. The first kappa shape index (κ1) is 15.3. The SMILES string of the molecule is Cc1ccc2cc(CCC(=O)NCC(C)C)c(=O)[nH]c2c1. The molecule has 4 heteroatoms. The first-order chi connectivity index (χ1) is 9.95. The molecule has 0 unspecified atom stereocenters. The zero-order valence-electron chi connectivity index (χ0n) is 12.8. The molecule has 0 fully saturated rings. The van der Waals surface area contributed by atoms with Gasteiger partial charge in [0, 0.05) is 24.0 Å². The molecule has 0 aliphatic carbocycles. The van der Waals surface area contributed by atoms with Crippen molar-refractivity contribution in [2.75, 3.05) is 6.54 Å². The zero-order chi connectivity index (χ0) is 15.4. The monoisotopic (exact) mass is 286 g/mol. The number of rotatable bonds is 5. The van der Waals surface area contributed by atoms with Crippen LogP contribution in [0, 0.1) is 12.8 Å². The molecule has 1 aromatic heterocycles. The van der Waals surface area contributed by atoms with Gasteiger partial charge in [0.2, 0.25) is 5.91 Å². The zero-order valence-corrected chi connectivity index (χ0v) is 12.8. The minimum atomic E-state index is -0.107. The van der Waals surface area contributed by atoms with E-state index < -0.39 is 0 Å². The third-order valence-electron chi connectivity index (χ3n) is 3.41. The van der Waals surface area contributed by atoms with Crippen LogP contribution in [0.25, 0.3) is 10.9 Å². The Morgan fingerprint density at radius 3 is 2.76 bits per heavy atom. The van der Waals surface area contributed by atoms with Gasteiger partial charge in [-0.1, -0.05) is 26.0 Å². The second-order valence-electron chi connectivity index (χ2n) is 5.91. The highest BCUT2D eigenvalue weighted by atomic mass is 16.1. The van der Waals surface area contributed by atoms with Crippen LogP contribution < -0.4 is 10.9 Å². The van der Waals surface area contributed by atoms with Crippen molar-refractivity contribution in [2.24, 2.45) is 5.92 Å². The van der Waals surface area contributed by atoms with E-state index in [1.54, 1.807) is 0 Å². The largest absolute Gasteiger partial charge is 0.356 e. The Morgan fingerprint density at radius 1 is 1.29 bits per heavy atom. The number of aryl methyl sites for hydroxylation is 2. The molecule has 0 aliphatic heterocycles. The molecule has 2 rings (SSSR count). The summed E-state index contributed by atoms with van der Waals surface area (Å²) in [6.07, 6.45) is 0.802. The molecule has 0 saturated carbocycles. The highest BCUT2D eigenvalue weighted by Crippen LogP contribution is 2.13. The number of amides is 1. The van der Waals surface area contributed by atoms with Gasteiger partial charge in [-0.05, 0) is 42.3 Å². The summed E-state index contributed by atoms with van der Waals surface area (Å²) in [6.45, 7) is 6.77. The molecule has 0 aliphatic rings. The maximum atomic E-state index is 12.0. The van der Waals surface area contributed by atoms with Crippen molar-refractivity contribution in [3.63, 3.8) is 0 Å². The molecule has 1 heterocycles. The highest BCUT2D eigenvalue weighted by molar-refractivity contribution is 5.80. The predicted molar refractivity (Wildman–Crippen MR) is 85.5 cm³/mol. The Balaban J connectivity index is 2.08. The average Bonchev–Trinajstić information content (AvgIpc) is 2.42. The Labute approximate surface area is 124 Å². The molecule has 0 radical (unpaired) electrons. The number of benzene rings is 1.